The molecule has 1 saturated carbocycles. The Morgan fingerprint density at radius 3 is 3.00 bits per heavy atom. The van der Waals surface area contributed by atoms with Crippen LogP contribution in [-0.4, -0.2) is 20.8 Å². The number of aryl methyl sites for hydroxylation is 1. The van der Waals surface area contributed by atoms with E-state index in [9.17, 15) is 9.90 Å². The Kier molecular flexibility index (Phi) is 2.37. The van der Waals surface area contributed by atoms with E-state index in [0.29, 0.717) is 0 Å². The highest BCUT2D eigenvalue weighted by molar-refractivity contribution is 5.02. The summed E-state index contributed by atoms with van der Waals surface area (Å²) < 4.78 is 1.56. The van der Waals surface area contributed by atoms with Crippen LogP contribution in [0.15, 0.2) is 17.2 Å². The van der Waals surface area contributed by atoms with Gasteiger partial charge in [-0.15, -0.1) is 0 Å². The predicted molar refractivity (Wildman–Crippen MR) is 52.1 cm³/mol. The van der Waals surface area contributed by atoms with Gasteiger partial charge in [-0.3, -0.25) is 4.57 Å². The van der Waals surface area contributed by atoms with Crippen LogP contribution in [0.3, 0.4) is 0 Å². The Balaban J connectivity index is 2.40. The zero-order chi connectivity index (χ0) is 10.1. The number of aromatic nitrogens is 2. The summed E-state index contributed by atoms with van der Waals surface area (Å²) in [6.45, 7) is 1.89. The molecule has 4 nitrogen and oxygen atoms in total. The molecular formula is C10H14N2O2. The molecule has 2 rings (SSSR count). The van der Waals surface area contributed by atoms with Crippen LogP contribution in [-0.2, 0) is 0 Å². The largest absolute Gasteiger partial charge is 0.391 e. The van der Waals surface area contributed by atoms with E-state index in [0.717, 1.165) is 24.8 Å². The Morgan fingerprint density at radius 2 is 2.36 bits per heavy atom. The number of aliphatic hydroxyl groups excluding tert-OH is 1. The smallest absolute Gasteiger partial charge is 0.347 e. The van der Waals surface area contributed by atoms with Gasteiger partial charge in [-0.25, -0.2) is 9.78 Å². The van der Waals surface area contributed by atoms with Crippen LogP contribution < -0.4 is 5.69 Å². The molecule has 0 spiro atoms. The van der Waals surface area contributed by atoms with E-state index in [1.165, 1.54) is 0 Å². The van der Waals surface area contributed by atoms with Crippen molar-refractivity contribution >= 4 is 0 Å². The van der Waals surface area contributed by atoms with Gasteiger partial charge in [0.05, 0.1) is 12.1 Å². The van der Waals surface area contributed by atoms with Crippen molar-refractivity contribution in [3.8, 4) is 0 Å². The van der Waals surface area contributed by atoms with Crippen LogP contribution in [0.2, 0.25) is 0 Å². The minimum atomic E-state index is -0.392. The van der Waals surface area contributed by atoms with Gasteiger partial charge < -0.3 is 5.11 Å². The monoisotopic (exact) mass is 194 g/mol. The standard InChI is InChI=1S/C10H14N2O2/c1-7-5-11-10(14)12(6-7)8-3-2-4-9(8)13/h5-6,8-9,13H,2-4H2,1H3/t8-,9-/m0/s1. The molecular weight excluding hydrogens is 180 g/mol. The molecule has 1 aliphatic carbocycles. The normalized spacial score (nSPS) is 26.7. The maximum absolute atomic E-state index is 11.4. The molecule has 4 heteroatoms. The maximum Gasteiger partial charge on any atom is 0.347 e. The van der Waals surface area contributed by atoms with Crippen LogP contribution in [0, 0.1) is 6.92 Å². The summed E-state index contributed by atoms with van der Waals surface area (Å²) in [5, 5.41) is 9.67. The van der Waals surface area contributed by atoms with Gasteiger partial charge in [0.2, 0.25) is 0 Å². The summed E-state index contributed by atoms with van der Waals surface area (Å²) in [5.41, 5.74) is 0.685. The van der Waals surface area contributed by atoms with E-state index in [4.69, 9.17) is 0 Å². The number of aliphatic hydroxyl groups is 1. The molecule has 0 bridgehead atoms. The molecule has 76 valence electrons. The number of rotatable bonds is 1. The number of hydrogen-bond donors (Lipinski definition) is 1. The highest BCUT2D eigenvalue weighted by Gasteiger charge is 2.27. The third-order valence-corrected chi connectivity index (χ3v) is 2.74. The van der Waals surface area contributed by atoms with Crippen LogP contribution in [0.1, 0.15) is 30.9 Å². The van der Waals surface area contributed by atoms with Gasteiger partial charge in [-0.1, -0.05) is 0 Å². The Labute approximate surface area is 82.2 Å². The van der Waals surface area contributed by atoms with Crippen molar-refractivity contribution in [1.29, 1.82) is 0 Å². The molecule has 1 aliphatic rings. The Bertz CT molecular complexity index is 386. The van der Waals surface area contributed by atoms with E-state index in [2.05, 4.69) is 4.98 Å². The molecule has 1 aromatic heterocycles. The average molecular weight is 194 g/mol. The van der Waals surface area contributed by atoms with Gasteiger partial charge in [0.15, 0.2) is 0 Å². The van der Waals surface area contributed by atoms with Crippen molar-refractivity contribution in [2.45, 2.75) is 38.3 Å². The van der Waals surface area contributed by atoms with E-state index in [1.54, 1.807) is 17.0 Å². The summed E-state index contributed by atoms with van der Waals surface area (Å²) in [7, 11) is 0. The zero-order valence-electron chi connectivity index (χ0n) is 8.18. The lowest BCUT2D eigenvalue weighted by atomic mass is 10.2. The maximum atomic E-state index is 11.4. The summed E-state index contributed by atoms with van der Waals surface area (Å²) >= 11 is 0. The molecule has 0 aromatic carbocycles. The molecule has 0 amide bonds. The second-order valence-electron chi connectivity index (χ2n) is 3.89. The third-order valence-electron chi connectivity index (χ3n) is 2.74. The van der Waals surface area contributed by atoms with E-state index >= 15 is 0 Å². The lowest BCUT2D eigenvalue weighted by molar-refractivity contribution is 0.134. The fraction of sp³-hybridized carbons (Fsp3) is 0.600. The fourth-order valence-electron chi connectivity index (χ4n) is 2.01. The van der Waals surface area contributed by atoms with Crippen molar-refractivity contribution in [2.75, 3.05) is 0 Å². The third kappa shape index (κ3) is 1.57. The highest BCUT2D eigenvalue weighted by Crippen LogP contribution is 2.28. The topological polar surface area (TPSA) is 55.1 Å². The first kappa shape index (κ1) is 9.40. The molecule has 14 heavy (non-hydrogen) atoms. The number of hydrogen-bond acceptors (Lipinski definition) is 3. The van der Waals surface area contributed by atoms with Crippen molar-refractivity contribution in [2.24, 2.45) is 0 Å². The van der Waals surface area contributed by atoms with Gasteiger partial charge in [0, 0.05) is 12.4 Å². The lowest BCUT2D eigenvalue weighted by Crippen LogP contribution is -2.30. The molecule has 1 aromatic rings. The summed E-state index contributed by atoms with van der Waals surface area (Å²) in [4.78, 5) is 15.2. The second-order valence-corrected chi connectivity index (χ2v) is 3.89. The molecule has 0 aliphatic heterocycles. The summed E-state index contributed by atoms with van der Waals surface area (Å²) in [5.74, 6) is 0. The van der Waals surface area contributed by atoms with Gasteiger partial charge in [-0.05, 0) is 31.7 Å². The zero-order valence-corrected chi connectivity index (χ0v) is 8.18. The molecule has 1 heterocycles. The molecule has 1 fully saturated rings. The molecule has 0 radical (unpaired) electrons. The van der Waals surface area contributed by atoms with Crippen LogP contribution in [0.25, 0.3) is 0 Å². The summed E-state index contributed by atoms with van der Waals surface area (Å²) in [6.07, 6.45) is 5.56. The van der Waals surface area contributed by atoms with Crippen LogP contribution >= 0.6 is 0 Å². The van der Waals surface area contributed by atoms with Crippen LogP contribution in [0.5, 0.6) is 0 Å². The van der Waals surface area contributed by atoms with Gasteiger partial charge in [0.25, 0.3) is 0 Å². The van der Waals surface area contributed by atoms with E-state index < -0.39 is 6.10 Å². The molecule has 0 saturated heterocycles. The number of nitrogens with zero attached hydrogens (tertiary/aromatic N) is 2. The average Bonchev–Trinajstić information content (AvgIpc) is 2.56. The lowest BCUT2D eigenvalue weighted by Gasteiger charge is -2.17. The Morgan fingerprint density at radius 1 is 1.57 bits per heavy atom. The quantitative estimate of drug-likeness (QED) is 0.713. The van der Waals surface area contributed by atoms with E-state index in [-0.39, 0.29) is 11.7 Å². The van der Waals surface area contributed by atoms with Gasteiger partial charge in [0.1, 0.15) is 0 Å². The second kappa shape index (κ2) is 3.53. The first-order valence-electron chi connectivity index (χ1n) is 4.91. The van der Waals surface area contributed by atoms with Gasteiger partial charge in [-0.2, -0.15) is 0 Å². The molecule has 1 N–H and O–H groups in total. The van der Waals surface area contributed by atoms with Crippen molar-refractivity contribution in [1.82, 2.24) is 9.55 Å². The molecule has 2 atom stereocenters. The van der Waals surface area contributed by atoms with Crippen LogP contribution in [0.4, 0.5) is 0 Å². The van der Waals surface area contributed by atoms with E-state index in [1.807, 2.05) is 6.92 Å². The fourth-order valence-corrected chi connectivity index (χ4v) is 2.01. The minimum absolute atomic E-state index is 0.0742. The molecule has 0 unspecified atom stereocenters. The Hall–Kier alpha value is -1.16. The SMILES string of the molecule is Cc1cnc(=O)n([C@H]2CCC[C@@H]2O)c1. The first-order chi connectivity index (χ1) is 6.68. The highest BCUT2D eigenvalue weighted by atomic mass is 16.3. The summed E-state index contributed by atoms with van der Waals surface area (Å²) in [6, 6.07) is -0.0742. The predicted octanol–water partition coefficient (Wildman–Crippen LogP) is 0.638. The van der Waals surface area contributed by atoms with Crippen molar-refractivity contribution < 1.29 is 5.11 Å². The van der Waals surface area contributed by atoms with Crippen molar-refractivity contribution in [3.05, 3.63) is 28.4 Å². The van der Waals surface area contributed by atoms with Gasteiger partial charge >= 0.3 is 5.69 Å². The minimum Gasteiger partial charge on any atom is -0.391 e. The van der Waals surface area contributed by atoms with Crippen molar-refractivity contribution in [3.63, 3.8) is 0 Å². The first-order valence-corrected chi connectivity index (χ1v) is 4.91.